The Bertz CT molecular complexity index is 1390. The minimum Gasteiger partial charge on any atom is -0.497 e. The predicted molar refractivity (Wildman–Crippen MR) is 134 cm³/mol. The first-order valence-corrected chi connectivity index (χ1v) is 11.7. The van der Waals surface area contributed by atoms with Crippen LogP contribution in [0.2, 0.25) is 0 Å². The van der Waals surface area contributed by atoms with Crippen LogP contribution in [-0.2, 0) is 17.8 Å². The number of hydrogen-bond acceptors (Lipinski definition) is 7. The topological polar surface area (TPSA) is 92.8 Å². The molecule has 0 amide bonds. The number of carbonyl (C=O) groups is 1. The Hall–Kier alpha value is -3.62. The summed E-state index contributed by atoms with van der Waals surface area (Å²) < 4.78 is 17.9. The third-order valence-electron chi connectivity index (χ3n) is 5.59. The van der Waals surface area contributed by atoms with Crippen LogP contribution in [0.5, 0.6) is 11.5 Å². The Morgan fingerprint density at radius 2 is 1.79 bits per heavy atom. The molecule has 4 rings (SSSR count). The van der Waals surface area contributed by atoms with Gasteiger partial charge in [0.2, 0.25) is 5.43 Å². The van der Waals surface area contributed by atoms with Crippen LogP contribution in [0, 0.1) is 0 Å². The zero-order valence-electron chi connectivity index (χ0n) is 19.3. The number of aromatic nitrogens is 1. The molecule has 34 heavy (non-hydrogen) atoms. The van der Waals surface area contributed by atoms with Crippen LogP contribution < -0.4 is 20.6 Å². The van der Waals surface area contributed by atoms with Gasteiger partial charge in [0.1, 0.15) is 21.9 Å². The van der Waals surface area contributed by atoms with Crippen molar-refractivity contribution in [1.82, 2.24) is 4.57 Å². The van der Waals surface area contributed by atoms with Gasteiger partial charge in [0.05, 0.1) is 32.8 Å². The molecular formula is C26H26N2O5S. The van der Waals surface area contributed by atoms with Crippen molar-refractivity contribution < 1.29 is 19.0 Å². The maximum atomic E-state index is 13.5. The fourth-order valence-electron chi connectivity index (χ4n) is 3.96. The van der Waals surface area contributed by atoms with Gasteiger partial charge in [-0.15, -0.1) is 11.3 Å². The number of fused-ring (bicyclic) bond motifs is 1. The second-order valence-corrected chi connectivity index (χ2v) is 8.55. The third-order valence-corrected chi connectivity index (χ3v) is 6.91. The maximum absolute atomic E-state index is 13.5. The van der Waals surface area contributed by atoms with E-state index in [-0.39, 0.29) is 24.1 Å². The number of benzene rings is 2. The summed E-state index contributed by atoms with van der Waals surface area (Å²) in [6.07, 6.45) is 1.57. The second-order valence-electron chi connectivity index (χ2n) is 7.55. The average Bonchev–Trinajstić information content (AvgIpc) is 3.26. The van der Waals surface area contributed by atoms with E-state index in [0.29, 0.717) is 17.5 Å². The third kappa shape index (κ3) is 4.30. The Labute approximate surface area is 201 Å². The fourth-order valence-corrected chi connectivity index (χ4v) is 5.26. The minimum atomic E-state index is -0.650. The van der Waals surface area contributed by atoms with Crippen LogP contribution in [0.1, 0.15) is 28.4 Å². The van der Waals surface area contributed by atoms with Crippen molar-refractivity contribution in [3.8, 4) is 21.9 Å². The molecular weight excluding hydrogens is 452 g/mol. The summed E-state index contributed by atoms with van der Waals surface area (Å²) in [4.78, 5) is 27.8. The van der Waals surface area contributed by atoms with Gasteiger partial charge in [0, 0.05) is 23.2 Å². The molecule has 7 nitrogen and oxygen atoms in total. The number of ether oxygens (including phenoxy) is 3. The monoisotopic (exact) mass is 478 g/mol. The predicted octanol–water partition coefficient (Wildman–Crippen LogP) is 4.43. The van der Waals surface area contributed by atoms with Crippen molar-refractivity contribution in [2.75, 3.05) is 20.8 Å². The summed E-state index contributed by atoms with van der Waals surface area (Å²) in [7, 11) is 3.23. The van der Waals surface area contributed by atoms with Crippen molar-refractivity contribution >= 4 is 27.5 Å². The van der Waals surface area contributed by atoms with Crippen molar-refractivity contribution in [3.63, 3.8) is 0 Å². The Morgan fingerprint density at radius 3 is 2.44 bits per heavy atom. The molecule has 8 heteroatoms. The van der Waals surface area contributed by atoms with E-state index in [9.17, 15) is 9.59 Å². The number of para-hydroxylation sites is 1. The first-order chi connectivity index (χ1) is 16.5. The van der Waals surface area contributed by atoms with Gasteiger partial charge >= 0.3 is 5.97 Å². The molecule has 2 heterocycles. The molecule has 0 aliphatic carbocycles. The highest BCUT2D eigenvalue weighted by Crippen LogP contribution is 2.38. The summed E-state index contributed by atoms with van der Waals surface area (Å²) in [5.74, 6) is 0.806. The van der Waals surface area contributed by atoms with Gasteiger partial charge < -0.3 is 24.5 Å². The zero-order chi connectivity index (χ0) is 24.2. The number of pyridine rings is 1. The standard InChI is InChI=1S/C26H26N2O5S/c1-4-33-26(30)20-15-28(14-17-7-5-6-8-21(17)32-3)25-22(23(20)29)19(13-27)24(34-25)16-9-11-18(31-2)12-10-16/h5-12,15H,4,13-14,27H2,1-3H3. The molecule has 0 unspecified atom stereocenters. The van der Waals surface area contributed by atoms with Gasteiger partial charge in [-0.2, -0.15) is 0 Å². The summed E-state index contributed by atoms with van der Waals surface area (Å²) in [5.41, 5.74) is 8.30. The molecule has 4 aromatic rings. The number of carbonyl (C=O) groups excluding carboxylic acids is 1. The molecule has 0 saturated heterocycles. The summed E-state index contributed by atoms with van der Waals surface area (Å²) >= 11 is 1.47. The van der Waals surface area contributed by atoms with E-state index in [1.807, 2.05) is 53.1 Å². The quantitative estimate of drug-likeness (QED) is 0.377. The summed E-state index contributed by atoms with van der Waals surface area (Å²) in [6.45, 7) is 2.44. The average molecular weight is 479 g/mol. The maximum Gasteiger partial charge on any atom is 0.343 e. The molecule has 0 aliphatic heterocycles. The lowest BCUT2D eigenvalue weighted by Gasteiger charge is -2.13. The highest BCUT2D eigenvalue weighted by atomic mass is 32.1. The number of hydrogen-bond donors (Lipinski definition) is 1. The molecule has 0 bridgehead atoms. The van der Waals surface area contributed by atoms with Crippen LogP contribution in [-0.4, -0.2) is 31.4 Å². The van der Waals surface area contributed by atoms with Crippen molar-refractivity contribution in [2.24, 2.45) is 5.73 Å². The van der Waals surface area contributed by atoms with Gasteiger partial charge in [0.25, 0.3) is 0 Å². The zero-order valence-corrected chi connectivity index (χ0v) is 20.1. The molecule has 0 atom stereocenters. The highest BCUT2D eigenvalue weighted by Gasteiger charge is 2.23. The number of esters is 1. The molecule has 2 aromatic heterocycles. The van der Waals surface area contributed by atoms with E-state index in [2.05, 4.69) is 0 Å². The van der Waals surface area contributed by atoms with E-state index in [0.717, 1.165) is 32.3 Å². The van der Waals surface area contributed by atoms with Crippen molar-refractivity contribution in [2.45, 2.75) is 20.0 Å². The molecule has 176 valence electrons. The molecule has 0 saturated carbocycles. The number of nitrogens with zero attached hydrogens (tertiary/aromatic N) is 1. The van der Waals surface area contributed by atoms with Gasteiger partial charge in [-0.1, -0.05) is 18.2 Å². The SMILES string of the molecule is CCOC(=O)c1cn(Cc2ccccc2OC)c2sc(-c3ccc(OC)cc3)c(CN)c2c1=O. The molecule has 0 spiro atoms. The Morgan fingerprint density at radius 1 is 1.06 bits per heavy atom. The molecule has 2 N–H and O–H groups in total. The lowest BCUT2D eigenvalue weighted by atomic mass is 10.0. The van der Waals surface area contributed by atoms with E-state index in [1.54, 1.807) is 27.3 Å². The van der Waals surface area contributed by atoms with E-state index < -0.39 is 5.97 Å². The molecule has 0 fully saturated rings. The lowest BCUT2D eigenvalue weighted by molar-refractivity contribution is 0.0524. The number of rotatable bonds is 8. The van der Waals surface area contributed by atoms with Crippen LogP contribution in [0.25, 0.3) is 20.7 Å². The van der Waals surface area contributed by atoms with Gasteiger partial charge in [-0.25, -0.2) is 4.79 Å². The number of thiophene rings is 1. The van der Waals surface area contributed by atoms with E-state index >= 15 is 0 Å². The smallest absolute Gasteiger partial charge is 0.343 e. The van der Waals surface area contributed by atoms with Gasteiger partial charge in [-0.05, 0) is 48.4 Å². The van der Waals surface area contributed by atoms with Crippen molar-refractivity contribution in [3.05, 3.63) is 81.6 Å². The second kappa shape index (κ2) is 10.1. The van der Waals surface area contributed by atoms with Crippen LogP contribution in [0.3, 0.4) is 0 Å². The van der Waals surface area contributed by atoms with E-state index in [1.165, 1.54) is 11.3 Å². The normalized spacial score (nSPS) is 10.9. The first kappa shape index (κ1) is 23.5. The first-order valence-electron chi connectivity index (χ1n) is 10.8. The van der Waals surface area contributed by atoms with Crippen LogP contribution >= 0.6 is 11.3 Å². The highest BCUT2D eigenvalue weighted by molar-refractivity contribution is 7.22. The number of nitrogens with two attached hydrogens (primary N) is 1. The van der Waals surface area contributed by atoms with Gasteiger partial charge in [0.15, 0.2) is 0 Å². The van der Waals surface area contributed by atoms with Crippen molar-refractivity contribution in [1.29, 1.82) is 0 Å². The largest absolute Gasteiger partial charge is 0.497 e. The van der Waals surface area contributed by atoms with Crippen LogP contribution in [0.15, 0.2) is 59.5 Å². The van der Waals surface area contributed by atoms with Crippen LogP contribution in [0.4, 0.5) is 0 Å². The Kier molecular flexibility index (Phi) is 7.00. The molecule has 0 radical (unpaired) electrons. The summed E-state index contributed by atoms with van der Waals surface area (Å²) in [5, 5.41) is 0.443. The molecule has 2 aromatic carbocycles. The lowest BCUT2D eigenvalue weighted by Crippen LogP contribution is -2.21. The Balaban J connectivity index is 1.99. The van der Waals surface area contributed by atoms with E-state index in [4.69, 9.17) is 19.9 Å². The fraction of sp³-hybridized carbons (Fsp3) is 0.231. The molecule has 0 aliphatic rings. The number of methoxy groups -OCH3 is 2. The van der Waals surface area contributed by atoms with Gasteiger partial charge in [-0.3, -0.25) is 4.79 Å². The summed E-state index contributed by atoms with van der Waals surface area (Å²) in [6, 6.07) is 15.3. The minimum absolute atomic E-state index is 0.0157.